The number of hydrogen-bond donors (Lipinski definition) is 0. The second-order valence-electron chi connectivity index (χ2n) is 4.38. The van der Waals surface area contributed by atoms with Crippen LogP contribution in [-0.2, 0) is 0 Å². The van der Waals surface area contributed by atoms with E-state index >= 15 is 0 Å². The zero-order valence-corrected chi connectivity index (χ0v) is 9.73. The molecule has 1 fully saturated rings. The van der Waals surface area contributed by atoms with Crippen molar-refractivity contribution in [2.75, 3.05) is 32.1 Å². The van der Waals surface area contributed by atoms with Crippen molar-refractivity contribution in [2.45, 2.75) is 18.9 Å². The number of nitrogens with zero attached hydrogens (tertiary/aromatic N) is 4. The summed E-state index contributed by atoms with van der Waals surface area (Å²) in [7, 11) is 4.18. The first-order chi connectivity index (χ1) is 7.68. The SMILES string of the molecule is CN(C)C1CCN(c2ncncc2F)CC1. The molecule has 1 aromatic rings. The number of halogens is 1. The van der Waals surface area contributed by atoms with Crippen LogP contribution in [0.5, 0.6) is 0 Å². The molecule has 1 aliphatic heterocycles. The Hall–Kier alpha value is -1.23. The van der Waals surface area contributed by atoms with E-state index in [-0.39, 0.29) is 5.82 Å². The van der Waals surface area contributed by atoms with Crippen molar-refractivity contribution in [1.29, 1.82) is 0 Å². The molecule has 0 saturated carbocycles. The van der Waals surface area contributed by atoms with Gasteiger partial charge < -0.3 is 9.80 Å². The molecule has 88 valence electrons. The van der Waals surface area contributed by atoms with E-state index < -0.39 is 0 Å². The fourth-order valence-corrected chi connectivity index (χ4v) is 2.13. The largest absolute Gasteiger partial charge is 0.354 e. The first-order valence-electron chi connectivity index (χ1n) is 5.55. The molecule has 1 aromatic heterocycles. The van der Waals surface area contributed by atoms with E-state index in [9.17, 15) is 4.39 Å². The Morgan fingerprint density at radius 1 is 1.38 bits per heavy atom. The summed E-state index contributed by atoms with van der Waals surface area (Å²) >= 11 is 0. The lowest BCUT2D eigenvalue weighted by atomic mass is 10.0. The van der Waals surface area contributed by atoms with Crippen LogP contribution in [0.25, 0.3) is 0 Å². The molecule has 2 heterocycles. The highest BCUT2D eigenvalue weighted by atomic mass is 19.1. The third-order valence-electron chi connectivity index (χ3n) is 3.14. The van der Waals surface area contributed by atoms with Crippen LogP contribution in [0.15, 0.2) is 12.5 Å². The molecule has 0 radical (unpaired) electrons. The molecule has 0 atom stereocenters. The van der Waals surface area contributed by atoms with E-state index in [0.29, 0.717) is 11.9 Å². The van der Waals surface area contributed by atoms with E-state index in [1.54, 1.807) is 0 Å². The van der Waals surface area contributed by atoms with E-state index in [1.807, 2.05) is 4.90 Å². The lowest BCUT2D eigenvalue weighted by Crippen LogP contribution is -2.42. The van der Waals surface area contributed by atoms with Crippen molar-refractivity contribution < 1.29 is 4.39 Å². The smallest absolute Gasteiger partial charge is 0.183 e. The van der Waals surface area contributed by atoms with Crippen LogP contribution in [0.3, 0.4) is 0 Å². The van der Waals surface area contributed by atoms with Crippen LogP contribution >= 0.6 is 0 Å². The van der Waals surface area contributed by atoms with Gasteiger partial charge in [-0.2, -0.15) is 0 Å². The Bertz CT molecular complexity index is 348. The molecule has 16 heavy (non-hydrogen) atoms. The van der Waals surface area contributed by atoms with Crippen LogP contribution in [-0.4, -0.2) is 48.1 Å². The summed E-state index contributed by atoms with van der Waals surface area (Å²) in [6.45, 7) is 1.72. The number of rotatable bonds is 2. The summed E-state index contributed by atoms with van der Waals surface area (Å²) in [6.07, 6.45) is 4.73. The minimum Gasteiger partial charge on any atom is -0.354 e. The van der Waals surface area contributed by atoms with Crippen LogP contribution in [0.1, 0.15) is 12.8 Å². The van der Waals surface area contributed by atoms with Gasteiger partial charge in [-0.15, -0.1) is 0 Å². The summed E-state index contributed by atoms with van der Waals surface area (Å²) in [5, 5.41) is 0. The van der Waals surface area contributed by atoms with Gasteiger partial charge in [-0.25, -0.2) is 14.4 Å². The molecule has 0 amide bonds. The van der Waals surface area contributed by atoms with Gasteiger partial charge in [0.1, 0.15) is 6.33 Å². The van der Waals surface area contributed by atoms with E-state index in [0.717, 1.165) is 25.9 Å². The average Bonchev–Trinajstić information content (AvgIpc) is 2.30. The third-order valence-corrected chi connectivity index (χ3v) is 3.14. The molecule has 4 nitrogen and oxygen atoms in total. The summed E-state index contributed by atoms with van der Waals surface area (Å²) in [5.41, 5.74) is 0. The lowest BCUT2D eigenvalue weighted by molar-refractivity contribution is 0.249. The predicted octanol–water partition coefficient (Wildman–Crippen LogP) is 1.15. The molecular weight excluding hydrogens is 207 g/mol. The summed E-state index contributed by atoms with van der Waals surface area (Å²) in [5.74, 6) is 0.109. The predicted molar refractivity (Wildman–Crippen MR) is 60.9 cm³/mol. The van der Waals surface area contributed by atoms with Gasteiger partial charge in [0.15, 0.2) is 11.6 Å². The molecule has 1 saturated heterocycles. The number of aromatic nitrogens is 2. The molecule has 0 unspecified atom stereocenters. The Balaban J connectivity index is 2.02. The highest BCUT2D eigenvalue weighted by Crippen LogP contribution is 2.21. The van der Waals surface area contributed by atoms with Gasteiger partial charge in [0.2, 0.25) is 0 Å². The maximum atomic E-state index is 13.5. The molecule has 2 rings (SSSR count). The van der Waals surface area contributed by atoms with E-state index in [4.69, 9.17) is 0 Å². The molecule has 0 aliphatic carbocycles. The first kappa shape index (κ1) is 11.3. The van der Waals surface area contributed by atoms with Crippen molar-refractivity contribution in [3.63, 3.8) is 0 Å². The number of anilines is 1. The van der Waals surface area contributed by atoms with Crippen LogP contribution in [0.2, 0.25) is 0 Å². The van der Waals surface area contributed by atoms with Gasteiger partial charge >= 0.3 is 0 Å². The van der Waals surface area contributed by atoms with E-state index in [2.05, 4.69) is 29.0 Å². The van der Waals surface area contributed by atoms with Gasteiger partial charge in [0, 0.05) is 19.1 Å². The summed E-state index contributed by atoms with van der Waals surface area (Å²) < 4.78 is 13.5. The van der Waals surface area contributed by atoms with Crippen molar-refractivity contribution in [3.05, 3.63) is 18.3 Å². The maximum Gasteiger partial charge on any atom is 0.183 e. The van der Waals surface area contributed by atoms with E-state index in [1.165, 1.54) is 12.5 Å². The van der Waals surface area contributed by atoms with Gasteiger partial charge in [0.05, 0.1) is 6.20 Å². The quantitative estimate of drug-likeness (QED) is 0.754. The van der Waals surface area contributed by atoms with Gasteiger partial charge in [-0.05, 0) is 26.9 Å². The zero-order valence-electron chi connectivity index (χ0n) is 9.73. The third kappa shape index (κ3) is 2.29. The Kier molecular flexibility index (Phi) is 3.33. The topological polar surface area (TPSA) is 32.3 Å². The molecule has 0 spiro atoms. The minimum atomic E-state index is -0.328. The van der Waals surface area contributed by atoms with Crippen LogP contribution in [0, 0.1) is 5.82 Å². The summed E-state index contributed by atoms with van der Waals surface area (Å²) in [6, 6.07) is 0.598. The molecule has 0 bridgehead atoms. The fraction of sp³-hybridized carbons (Fsp3) is 0.636. The standard InChI is InChI=1S/C11H17FN4/c1-15(2)9-3-5-16(6-4-9)11-10(12)7-13-8-14-11/h7-9H,3-6H2,1-2H3. The Labute approximate surface area is 95.1 Å². The van der Waals surface area contributed by atoms with Crippen LogP contribution < -0.4 is 4.90 Å². The second kappa shape index (κ2) is 4.74. The van der Waals surface area contributed by atoms with Gasteiger partial charge in [0.25, 0.3) is 0 Å². The molecular formula is C11H17FN4. The highest BCUT2D eigenvalue weighted by molar-refractivity contribution is 5.38. The zero-order chi connectivity index (χ0) is 11.5. The Morgan fingerprint density at radius 3 is 2.62 bits per heavy atom. The van der Waals surface area contributed by atoms with Crippen molar-refractivity contribution in [2.24, 2.45) is 0 Å². The fourth-order valence-electron chi connectivity index (χ4n) is 2.13. The minimum absolute atomic E-state index is 0.328. The lowest BCUT2D eigenvalue weighted by Gasteiger charge is -2.35. The highest BCUT2D eigenvalue weighted by Gasteiger charge is 2.22. The molecule has 1 aliphatic rings. The van der Waals surface area contributed by atoms with Crippen LogP contribution in [0.4, 0.5) is 10.2 Å². The summed E-state index contributed by atoms with van der Waals surface area (Å²) in [4.78, 5) is 11.9. The normalized spacial score (nSPS) is 18.1. The van der Waals surface area contributed by atoms with Crippen molar-refractivity contribution in [3.8, 4) is 0 Å². The molecule has 5 heteroatoms. The number of hydrogen-bond acceptors (Lipinski definition) is 4. The monoisotopic (exact) mass is 224 g/mol. The molecule has 0 aromatic carbocycles. The Morgan fingerprint density at radius 2 is 2.06 bits per heavy atom. The van der Waals surface area contributed by atoms with Crippen molar-refractivity contribution >= 4 is 5.82 Å². The maximum absolute atomic E-state index is 13.5. The average molecular weight is 224 g/mol. The second-order valence-corrected chi connectivity index (χ2v) is 4.38. The first-order valence-corrected chi connectivity index (χ1v) is 5.55. The molecule has 0 N–H and O–H groups in total. The van der Waals surface area contributed by atoms with Crippen molar-refractivity contribution in [1.82, 2.24) is 14.9 Å². The van der Waals surface area contributed by atoms with Gasteiger partial charge in [-0.1, -0.05) is 0 Å². The number of piperidine rings is 1. The van der Waals surface area contributed by atoms with Gasteiger partial charge in [-0.3, -0.25) is 0 Å².